The largest absolute Gasteiger partial charge is 0.370 e. The van der Waals surface area contributed by atoms with E-state index in [2.05, 4.69) is 22.8 Å². The number of hydrogen-bond acceptors (Lipinski definition) is 3. The van der Waals surface area contributed by atoms with Crippen molar-refractivity contribution in [1.82, 2.24) is 15.5 Å². The monoisotopic (exact) mass is 357 g/mol. The highest BCUT2D eigenvalue weighted by Crippen LogP contribution is 2.32. The number of nitrogens with zero attached hydrogens (tertiary/aromatic N) is 1. The molecule has 3 amide bonds. The minimum Gasteiger partial charge on any atom is -0.370 e. The Morgan fingerprint density at radius 2 is 1.96 bits per heavy atom. The van der Waals surface area contributed by atoms with Crippen LogP contribution in [0.4, 0.5) is 4.79 Å². The van der Waals surface area contributed by atoms with Gasteiger partial charge in [0.25, 0.3) is 0 Å². The van der Waals surface area contributed by atoms with E-state index in [1.807, 2.05) is 18.2 Å². The van der Waals surface area contributed by atoms with Crippen LogP contribution in [-0.4, -0.2) is 54.7 Å². The zero-order chi connectivity index (χ0) is 17.9. The van der Waals surface area contributed by atoms with Gasteiger partial charge in [-0.25, -0.2) is 4.79 Å². The minimum atomic E-state index is -0.173. The summed E-state index contributed by atoms with van der Waals surface area (Å²) < 4.78 is 5.94. The number of benzene rings is 1. The molecule has 0 radical (unpaired) electrons. The van der Waals surface area contributed by atoms with Gasteiger partial charge in [-0.15, -0.1) is 0 Å². The lowest BCUT2D eigenvalue weighted by Crippen LogP contribution is -2.52. The van der Waals surface area contributed by atoms with E-state index in [0.717, 1.165) is 25.7 Å². The second-order valence-electron chi connectivity index (χ2n) is 7.65. The first kappa shape index (κ1) is 17.3. The zero-order valence-electron chi connectivity index (χ0n) is 15.0. The summed E-state index contributed by atoms with van der Waals surface area (Å²) in [5.74, 6) is -0.0174. The summed E-state index contributed by atoms with van der Waals surface area (Å²) in [7, 11) is 0. The predicted octanol–water partition coefficient (Wildman–Crippen LogP) is 1.70. The van der Waals surface area contributed by atoms with Crippen molar-refractivity contribution in [3.05, 3.63) is 35.9 Å². The molecule has 6 heteroatoms. The SMILES string of the molecule is O=C(NC1CCC1)[C@H]1C[C@@H]2CN(C(=O)NCCc3ccccc3)C[C@H]1O2. The number of ether oxygens (including phenoxy) is 1. The molecule has 4 rings (SSSR count). The lowest BCUT2D eigenvalue weighted by atomic mass is 9.91. The highest BCUT2D eigenvalue weighted by molar-refractivity contribution is 5.80. The van der Waals surface area contributed by atoms with Crippen LogP contribution in [0.2, 0.25) is 0 Å². The maximum atomic E-state index is 12.5. The van der Waals surface area contributed by atoms with Crippen LogP contribution in [0.5, 0.6) is 0 Å². The summed E-state index contributed by atoms with van der Waals surface area (Å²) in [4.78, 5) is 26.8. The van der Waals surface area contributed by atoms with E-state index in [1.165, 1.54) is 12.0 Å². The van der Waals surface area contributed by atoms with Gasteiger partial charge < -0.3 is 20.3 Å². The Labute approximate surface area is 154 Å². The molecule has 0 aromatic heterocycles. The molecule has 2 saturated heterocycles. The summed E-state index contributed by atoms with van der Waals surface area (Å²) in [6.45, 7) is 1.68. The quantitative estimate of drug-likeness (QED) is 0.843. The number of hydrogen-bond donors (Lipinski definition) is 2. The van der Waals surface area contributed by atoms with Crippen LogP contribution in [0.25, 0.3) is 0 Å². The lowest BCUT2D eigenvalue weighted by Gasteiger charge is -2.33. The number of rotatable bonds is 5. The van der Waals surface area contributed by atoms with Gasteiger partial charge in [0, 0.05) is 25.7 Å². The summed E-state index contributed by atoms with van der Waals surface area (Å²) in [5, 5.41) is 6.12. The standard InChI is InChI=1S/C20H27N3O3/c24-19(22-15-7-4-8-15)17-11-16-12-23(13-18(17)26-16)20(25)21-10-9-14-5-2-1-3-6-14/h1-3,5-6,15-18H,4,7-13H2,(H,21,25)(H,22,24)/t16-,17+,18-/m1/s1. The average molecular weight is 357 g/mol. The van der Waals surface area contributed by atoms with Gasteiger partial charge in [-0.3, -0.25) is 4.79 Å². The van der Waals surface area contributed by atoms with Crippen molar-refractivity contribution >= 4 is 11.9 Å². The Kier molecular flexibility index (Phi) is 5.11. The van der Waals surface area contributed by atoms with Crippen molar-refractivity contribution in [2.45, 2.75) is 50.4 Å². The molecule has 0 spiro atoms. The van der Waals surface area contributed by atoms with Crippen molar-refractivity contribution < 1.29 is 14.3 Å². The fraction of sp³-hybridized carbons (Fsp3) is 0.600. The van der Waals surface area contributed by atoms with Gasteiger partial charge in [0.2, 0.25) is 5.91 Å². The molecule has 2 aliphatic heterocycles. The smallest absolute Gasteiger partial charge is 0.317 e. The molecular weight excluding hydrogens is 330 g/mol. The third kappa shape index (κ3) is 3.85. The highest BCUT2D eigenvalue weighted by Gasteiger charge is 2.46. The predicted molar refractivity (Wildman–Crippen MR) is 97.7 cm³/mol. The van der Waals surface area contributed by atoms with Gasteiger partial charge in [-0.05, 0) is 37.7 Å². The molecule has 6 nitrogen and oxygen atoms in total. The summed E-state index contributed by atoms with van der Waals surface area (Å²) >= 11 is 0. The molecule has 2 heterocycles. The molecule has 3 aliphatic rings. The lowest BCUT2D eigenvalue weighted by molar-refractivity contribution is -0.128. The van der Waals surface area contributed by atoms with Crippen LogP contribution in [0.1, 0.15) is 31.2 Å². The second-order valence-corrected chi connectivity index (χ2v) is 7.65. The zero-order valence-corrected chi connectivity index (χ0v) is 15.0. The number of carbonyl (C=O) groups is 2. The molecule has 1 aliphatic carbocycles. The van der Waals surface area contributed by atoms with Crippen LogP contribution >= 0.6 is 0 Å². The van der Waals surface area contributed by atoms with E-state index in [0.29, 0.717) is 25.7 Å². The first-order chi connectivity index (χ1) is 12.7. The molecule has 3 atom stereocenters. The Hall–Kier alpha value is -2.08. The molecule has 2 N–H and O–H groups in total. The van der Waals surface area contributed by atoms with E-state index in [4.69, 9.17) is 4.74 Å². The molecule has 1 saturated carbocycles. The van der Waals surface area contributed by atoms with Gasteiger partial charge >= 0.3 is 6.03 Å². The molecule has 1 aromatic rings. The average Bonchev–Trinajstić information content (AvgIpc) is 2.92. The van der Waals surface area contributed by atoms with Gasteiger partial charge in [-0.2, -0.15) is 0 Å². The Balaban J connectivity index is 1.25. The van der Waals surface area contributed by atoms with E-state index < -0.39 is 0 Å². The number of likely N-dealkylation sites (tertiary alicyclic amines) is 1. The van der Waals surface area contributed by atoms with Crippen molar-refractivity contribution in [2.75, 3.05) is 19.6 Å². The van der Waals surface area contributed by atoms with E-state index in [1.54, 1.807) is 4.90 Å². The first-order valence-electron chi connectivity index (χ1n) is 9.71. The molecule has 1 aromatic carbocycles. The van der Waals surface area contributed by atoms with E-state index >= 15 is 0 Å². The van der Waals surface area contributed by atoms with Crippen molar-refractivity contribution in [2.24, 2.45) is 5.92 Å². The van der Waals surface area contributed by atoms with Gasteiger partial charge in [0.1, 0.15) is 0 Å². The Bertz CT molecular complexity index is 647. The molecule has 3 fully saturated rings. The summed E-state index contributed by atoms with van der Waals surface area (Å²) in [6, 6.07) is 10.4. The normalized spacial score (nSPS) is 27.7. The number of amides is 3. The van der Waals surface area contributed by atoms with Gasteiger partial charge in [0.15, 0.2) is 0 Å². The summed E-state index contributed by atoms with van der Waals surface area (Å²) in [6.07, 6.45) is 4.72. The number of nitrogens with one attached hydrogen (secondary N) is 2. The van der Waals surface area contributed by atoms with E-state index in [9.17, 15) is 9.59 Å². The van der Waals surface area contributed by atoms with Gasteiger partial charge in [0.05, 0.1) is 18.1 Å². The number of fused-ring (bicyclic) bond motifs is 2. The topological polar surface area (TPSA) is 70.7 Å². The fourth-order valence-corrected chi connectivity index (χ4v) is 4.03. The first-order valence-corrected chi connectivity index (χ1v) is 9.71. The maximum absolute atomic E-state index is 12.5. The maximum Gasteiger partial charge on any atom is 0.317 e. The third-order valence-corrected chi connectivity index (χ3v) is 5.77. The minimum absolute atomic E-state index is 0.0224. The number of urea groups is 1. The molecule has 0 unspecified atom stereocenters. The third-order valence-electron chi connectivity index (χ3n) is 5.77. The molecule has 140 valence electrons. The van der Waals surface area contributed by atoms with Crippen molar-refractivity contribution in [3.8, 4) is 0 Å². The highest BCUT2D eigenvalue weighted by atomic mass is 16.5. The van der Waals surface area contributed by atoms with Crippen LogP contribution in [-0.2, 0) is 16.0 Å². The van der Waals surface area contributed by atoms with Crippen LogP contribution in [0.15, 0.2) is 30.3 Å². The van der Waals surface area contributed by atoms with Crippen LogP contribution in [0, 0.1) is 5.92 Å². The number of morpholine rings is 1. The van der Waals surface area contributed by atoms with Gasteiger partial charge in [-0.1, -0.05) is 30.3 Å². The summed E-state index contributed by atoms with van der Waals surface area (Å²) in [5.41, 5.74) is 1.21. The van der Waals surface area contributed by atoms with E-state index in [-0.39, 0.29) is 30.1 Å². The van der Waals surface area contributed by atoms with Crippen LogP contribution < -0.4 is 10.6 Å². The van der Waals surface area contributed by atoms with Crippen molar-refractivity contribution in [3.63, 3.8) is 0 Å². The number of carbonyl (C=O) groups excluding carboxylic acids is 2. The van der Waals surface area contributed by atoms with Crippen molar-refractivity contribution in [1.29, 1.82) is 0 Å². The molecule has 26 heavy (non-hydrogen) atoms. The second kappa shape index (κ2) is 7.66. The Morgan fingerprint density at radius 3 is 2.69 bits per heavy atom. The Morgan fingerprint density at radius 1 is 1.15 bits per heavy atom. The molecular formula is C20H27N3O3. The molecule has 2 bridgehead atoms. The van der Waals surface area contributed by atoms with Crippen LogP contribution in [0.3, 0.4) is 0 Å². The fourth-order valence-electron chi connectivity index (χ4n) is 4.03.